The second-order valence-corrected chi connectivity index (χ2v) is 24.9. The molecule has 0 aliphatic carbocycles. The molecule has 0 bridgehead atoms. The predicted molar refractivity (Wildman–Crippen MR) is 343 cm³/mol. The molecular formula is C72H141NO5. The minimum absolute atomic E-state index is 0.0190. The van der Waals surface area contributed by atoms with Gasteiger partial charge in [0.15, 0.2) is 0 Å². The van der Waals surface area contributed by atoms with Gasteiger partial charge < -0.3 is 20.3 Å². The summed E-state index contributed by atoms with van der Waals surface area (Å²) in [6.07, 6.45) is 84.1. The van der Waals surface area contributed by atoms with Crippen molar-refractivity contribution in [3.63, 3.8) is 0 Å². The highest BCUT2D eigenvalue weighted by Crippen LogP contribution is 2.19. The van der Waals surface area contributed by atoms with Crippen molar-refractivity contribution in [1.82, 2.24) is 5.32 Å². The third-order valence-electron chi connectivity index (χ3n) is 17.1. The van der Waals surface area contributed by atoms with Crippen molar-refractivity contribution in [3.8, 4) is 0 Å². The molecule has 0 heterocycles. The minimum atomic E-state index is -0.664. The molecule has 78 heavy (non-hydrogen) atoms. The van der Waals surface area contributed by atoms with Crippen molar-refractivity contribution in [2.24, 2.45) is 0 Å². The van der Waals surface area contributed by atoms with Gasteiger partial charge in [-0.15, -0.1) is 0 Å². The molecule has 0 radical (unpaired) electrons. The first-order valence-corrected chi connectivity index (χ1v) is 35.9. The van der Waals surface area contributed by atoms with Crippen molar-refractivity contribution in [3.05, 3.63) is 12.2 Å². The molecule has 1 amide bonds. The van der Waals surface area contributed by atoms with Crippen LogP contribution in [0.1, 0.15) is 412 Å². The maximum atomic E-state index is 12.5. The molecule has 6 nitrogen and oxygen atoms in total. The number of aliphatic hydroxyl groups excluding tert-OH is 2. The maximum Gasteiger partial charge on any atom is 0.305 e. The largest absolute Gasteiger partial charge is 0.466 e. The van der Waals surface area contributed by atoms with E-state index in [1.807, 2.05) is 0 Å². The lowest BCUT2D eigenvalue weighted by Crippen LogP contribution is -2.45. The number of nitrogens with one attached hydrogen (secondary N) is 1. The minimum Gasteiger partial charge on any atom is -0.466 e. The zero-order valence-electron chi connectivity index (χ0n) is 53.2. The zero-order valence-corrected chi connectivity index (χ0v) is 53.2. The fraction of sp³-hybridized carbons (Fsp3) is 0.944. The highest BCUT2D eigenvalue weighted by atomic mass is 16.5. The molecule has 0 aromatic carbocycles. The maximum absolute atomic E-state index is 12.5. The number of carbonyl (C=O) groups excluding carboxylic acids is 2. The van der Waals surface area contributed by atoms with E-state index in [2.05, 4.69) is 31.3 Å². The first kappa shape index (κ1) is 76.6. The van der Waals surface area contributed by atoms with Gasteiger partial charge in [0.05, 0.1) is 25.4 Å². The van der Waals surface area contributed by atoms with Gasteiger partial charge in [0.1, 0.15) is 0 Å². The molecular weight excluding hydrogens is 959 g/mol. The van der Waals surface area contributed by atoms with Crippen molar-refractivity contribution < 1.29 is 24.5 Å². The van der Waals surface area contributed by atoms with E-state index < -0.39 is 12.1 Å². The van der Waals surface area contributed by atoms with Crippen molar-refractivity contribution >= 4 is 11.9 Å². The quantitative estimate of drug-likeness (QED) is 0.0320. The third-order valence-corrected chi connectivity index (χ3v) is 17.1. The van der Waals surface area contributed by atoms with Crippen molar-refractivity contribution in [2.45, 2.75) is 424 Å². The lowest BCUT2D eigenvalue weighted by Gasteiger charge is -2.22. The molecule has 2 unspecified atom stereocenters. The molecule has 0 saturated heterocycles. The van der Waals surface area contributed by atoms with Crippen LogP contribution in [0.25, 0.3) is 0 Å². The topological polar surface area (TPSA) is 95.9 Å². The third kappa shape index (κ3) is 63.8. The Hall–Kier alpha value is -1.40. The van der Waals surface area contributed by atoms with Gasteiger partial charge in [0.25, 0.3) is 0 Å². The standard InChI is InChI=1S/C72H141NO5/c1-3-5-7-9-11-13-15-17-18-19-31-34-37-41-44-48-52-56-60-64-70(75)69(68-74)73-71(76)65-61-57-53-49-45-42-38-35-32-29-27-25-23-21-20-22-24-26-28-30-33-36-39-43-47-51-55-59-63-67-78-72(77)66-62-58-54-50-46-40-16-14-12-10-8-6-4-2/h20,22,69-70,74-75H,3-19,21,23-68H2,1-2H3,(H,73,76)/b22-20-. The second kappa shape index (κ2) is 68.1. The Labute approximate surface area is 489 Å². The van der Waals surface area contributed by atoms with Gasteiger partial charge >= 0.3 is 5.97 Å². The summed E-state index contributed by atoms with van der Waals surface area (Å²) >= 11 is 0. The van der Waals surface area contributed by atoms with Crippen molar-refractivity contribution in [1.29, 1.82) is 0 Å². The van der Waals surface area contributed by atoms with E-state index in [-0.39, 0.29) is 18.5 Å². The summed E-state index contributed by atoms with van der Waals surface area (Å²) < 4.78 is 5.49. The number of unbranched alkanes of at least 4 members (excludes halogenated alkanes) is 55. The molecule has 0 saturated carbocycles. The van der Waals surface area contributed by atoms with Gasteiger partial charge in [-0.05, 0) is 51.4 Å². The van der Waals surface area contributed by atoms with Crippen LogP contribution < -0.4 is 5.32 Å². The zero-order chi connectivity index (χ0) is 56.4. The Bertz CT molecular complexity index is 1180. The molecule has 0 aliphatic rings. The molecule has 0 rings (SSSR count). The summed E-state index contributed by atoms with van der Waals surface area (Å²) in [5.41, 5.74) is 0. The molecule has 6 heteroatoms. The van der Waals surface area contributed by atoms with Crippen LogP contribution in [0.15, 0.2) is 12.2 Å². The molecule has 2 atom stereocenters. The molecule has 3 N–H and O–H groups in total. The summed E-state index contributed by atoms with van der Waals surface area (Å²) in [7, 11) is 0. The molecule has 0 aromatic rings. The average Bonchev–Trinajstić information content (AvgIpc) is 3.44. The monoisotopic (exact) mass is 1100 g/mol. The van der Waals surface area contributed by atoms with Crippen LogP contribution in [0.4, 0.5) is 0 Å². The van der Waals surface area contributed by atoms with Crippen LogP contribution in [0, 0.1) is 0 Å². The summed E-state index contributed by atoms with van der Waals surface area (Å²) in [6.45, 7) is 5.00. The Morgan fingerprint density at radius 1 is 0.346 bits per heavy atom. The van der Waals surface area contributed by atoms with Crippen LogP contribution in [-0.4, -0.2) is 47.4 Å². The van der Waals surface area contributed by atoms with Gasteiger partial charge in [-0.2, -0.15) is 0 Å². The first-order valence-electron chi connectivity index (χ1n) is 35.9. The van der Waals surface area contributed by atoms with Gasteiger partial charge in [-0.1, -0.05) is 360 Å². The van der Waals surface area contributed by atoms with E-state index >= 15 is 0 Å². The van der Waals surface area contributed by atoms with E-state index in [1.54, 1.807) is 0 Å². The fourth-order valence-electron chi connectivity index (χ4n) is 11.6. The van der Waals surface area contributed by atoms with Crippen LogP contribution in [-0.2, 0) is 14.3 Å². The van der Waals surface area contributed by atoms with E-state index in [0.29, 0.717) is 25.9 Å². The van der Waals surface area contributed by atoms with E-state index in [1.165, 1.54) is 340 Å². The van der Waals surface area contributed by atoms with Crippen molar-refractivity contribution in [2.75, 3.05) is 13.2 Å². The fourth-order valence-corrected chi connectivity index (χ4v) is 11.6. The Morgan fingerprint density at radius 3 is 0.910 bits per heavy atom. The van der Waals surface area contributed by atoms with Crippen LogP contribution in [0.3, 0.4) is 0 Å². The SMILES string of the molecule is CCCCCCCCCCCCCCCCCCCCCC(O)C(CO)NC(=O)CCCCCCCCCCCCCCC/C=C\CCCCCCCCCCCCCCOC(=O)CCCCCCCCCCCCCCC. The molecule has 0 aliphatic heterocycles. The number of rotatable bonds is 68. The van der Waals surface area contributed by atoms with Crippen LogP contribution in [0.2, 0.25) is 0 Å². The first-order chi connectivity index (χ1) is 38.5. The smallest absolute Gasteiger partial charge is 0.305 e. The number of aliphatic hydroxyl groups is 2. The Kier molecular flexibility index (Phi) is 66.9. The number of hydrogen-bond acceptors (Lipinski definition) is 5. The summed E-state index contributed by atoms with van der Waals surface area (Å²) in [5, 5.41) is 23.4. The van der Waals surface area contributed by atoms with Crippen LogP contribution >= 0.6 is 0 Å². The number of hydrogen-bond donors (Lipinski definition) is 3. The van der Waals surface area contributed by atoms with Gasteiger partial charge in [0.2, 0.25) is 5.91 Å². The van der Waals surface area contributed by atoms with Gasteiger partial charge in [-0.25, -0.2) is 0 Å². The Balaban J connectivity index is 3.36. The molecule has 464 valence electrons. The highest BCUT2D eigenvalue weighted by molar-refractivity contribution is 5.76. The van der Waals surface area contributed by atoms with Crippen LogP contribution in [0.5, 0.6) is 0 Å². The molecule has 0 spiro atoms. The Morgan fingerprint density at radius 2 is 0.603 bits per heavy atom. The summed E-state index contributed by atoms with van der Waals surface area (Å²) in [4.78, 5) is 24.6. The molecule has 0 fully saturated rings. The lowest BCUT2D eigenvalue weighted by atomic mass is 10.0. The number of carbonyl (C=O) groups is 2. The highest BCUT2D eigenvalue weighted by Gasteiger charge is 2.20. The summed E-state index contributed by atoms with van der Waals surface area (Å²) in [6, 6.07) is -0.541. The number of amides is 1. The number of allylic oxidation sites excluding steroid dienone is 2. The number of esters is 1. The van der Waals surface area contributed by atoms with E-state index in [0.717, 1.165) is 38.5 Å². The normalized spacial score (nSPS) is 12.5. The number of ether oxygens (including phenoxy) is 1. The average molecular weight is 1100 g/mol. The van der Waals surface area contributed by atoms with E-state index in [4.69, 9.17) is 4.74 Å². The second-order valence-electron chi connectivity index (χ2n) is 24.9. The summed E-state index contributed by atoms with van der Waals surface area (Å²) in [5.74, 6) is -0.0105. The lowest BCUT2D eigenvalue weighted by molar-refractivity contribution is -0.143. The van der Waals surface area contributed by atoms with Gasteiger partial charge in [0, 0.05) is 12.8 Å². The van der Waals surface area contributed by atoms with E-state index in [9.17, 15) is 19.8 Å². The predicted octanol–water partition coefficient (Wildman–Crippen LogP) is 23.1. The molecule has 0 aromatic heterocycles. The van der Waals surface area contributed by atoms with Gasteiger partial charge in [-0.3, -0.25) is 9.59 Å².